The van der Waals surface area contributed by atoms with Gasteiger partial charge in [-0.1, -0.05) is 24.3 Å². The van der Waals surface area contributed by atoms with Crippen LogP contribution in [0.25, 0.3) is 0 Å². The number of nitrogen functional groups attached to an aromatic ring is 1. The number of amides is 1. The van der Waals surface area contributed by atoms with Gasteiger partial charge in [-0.3, -0.25) is 4.79 Å². The molecule has 0 saturated carbocycles. The topological polar surface area (TPSA) is 68.0 Å². The van der Waals surface area contributed by atoms with Crippen molar-refractivity contribution >= 4 is 11.6 Å². The Kier molecular flexibility index (Phi) is 3.80. The number of nitrogens with zero attached hydrogens (tertiary/aromatic N) is 1. The highest BCUT2D eigenvalue weighted by molar-refractivity contribution is 5.92. The molecule has 0 radical (unpaired) electrons. The molecule has 0 aliphatic heterocycles. The van der Waals surface area contributed by atoms with Gasteiger partial charge in [0, 0.05) is 0 Å². The van der Waals surface area contributed by atoms with Gasteiger partial charge in [-0.25, -0.2) is 4.98 Å². The van der Waals surface area contributed by atoms with Crippen LogP contribution >= 0.6 is 0 Å². The average molecular weight is 255 g/mol. The van der Waals surface area contributed by atoms with Crippen LogP contribution in [0.15, 0.2) is 42.6 Å². The Balaban J connectivity index is 2.11. The third-order valence-corrected chi connectivity index (χ3v) is 3.02. The molecule has 1 aromatic heterocycles. The first-order valence-electron chi connectivity index (χ1n) is 6.16. The summed E-state index contributed by atoms with van der Waals surface area (Å²) in [4.78, 5) is 16.0. The SMILES string of the molecule is Cc1ccccc1C(C)NC(=O)c1ccc(N)cn1. The number of nitrogens with one attached hydrogen (secondary N) is 1. The number of aryl methyl sites for hydroxylation is 1. The van der Waals surface area contributed by atoms with Crippen LogP contribution in [0.3, 0.4) is 0 Å². The molecule has 0 saturated heterocycles. The monoisotopic (exact) mass is 255 g/mol. The number of carbonyl (C=O) groups excluding carboxylic acids is 1. The minimum absolute atomic E-state index is 0.0620. The van der Waals surface area contributed by atoms with Crippen molar-refractivity contribution in [1.82, 2.24) is 10.3 Å². The molecular weight excluding hydrogens is 238 g/mol. The summed E-state index contributed by atoms with van der Waals surface area (Å²) in [7, 11) is 0. The Morgan fingerprint density at radius 3 is 2.63 bits per heavy atom. The predicted octanol–water partition coefficient (Wildman–Crippen LogP) is 2.46. The van der Waals surface area contributed by atoms with E-state index in [4.69, 9.17) is 5.73 Å². The van der Waals surface area contributed by atoms with Crippen molar-refractivity contribution in [2.45, 2.75) is 19.9 Å². The minimum Gasteiger partial charge on any atom is -0.397 e. The van der Waals surface area contributed by atoms with Gasteiger partial charge < -0.3 is 11.1 Å². The van der Waals surface area contributed by atoms with Crippen LogP contribution in [-0.4, -0.2) is 10.9 Å². The lowest BCUT2D eigenvalue weighted by Gasteiger charge is -2.16. The zero-order valence-electron chi connectivity index (χ0n) is 11.1. The molecule has 1 amide bonds. The third-order valence-electron chi connectivity index (χ3n) is 3.02. The number of aromatic nitrogens is 1. The van der Waals surface area contributed by atoms with Crippen LogP contribution < -0.4 is 11.1 Å². The normalized spacial score (nSPS) is 11.9. The highest BCUT2D eigenvalue weighted by Crippen LogP contribution is 2.17. The van der Waals surface area contributed by atoms with Gasteiger partial charge in [-0.15, -0.1) is 0 Å². The van der Waals surface area contributed by atoms with E-state index < -0.39 is 0 Å². The highest BCUT2D eigenvalue weighted by Gasteiger charge is 2.13. The molecule has 0 aliphatic carbocycles. The summed E-state index contributed by atoms with van der Waals surface area (Å²) < 4.78 is 0. The van der Waals surface area contributed by atoms with E-state index in [1.54, 1.807) is 12.1 Å². The van der Waals surface area contributed by atoms with Crippen molar-refractivity contribution in [2.75, 3.05) is 5.73 Å². The van der Waals surface area contributed by atoms with Gasteiger partial charge in [0.05, 0.1) is 17.9 Å². The summed E-state index contributed by atoms with van der Waals surface area (Å²) in [5.74, 6) is -0.198. The van der Waals surface area contributed by atoms with Gasteiger partial charge in [-0.05, 0) is 37.1 Å². The van der Waals surface area contributed by atoms with E-state index in [0.717, 1.165) is 11.1 Å². The van der Waals surface area contributed by atoms with Crippen molar-refractivity contribution in [3.05, 3.63) is 59.4 Å². The van der Waals surface area contributed by atoms with Crippen molar-refractivity contribution in [3.8, 4) is 0 Å². The zero-order chi connectivity index (χ0) is 13.8. The summed E-state index contributed by atoms with van der Waals surface area (Å²) in [5, 5.41) is 2.93. The highest BCUT2D eigenvalue weighted by atomic mass is 16.1. The first kappa shape index (κ1) is 13.1. The van der Waals surface area contributed by atoms with Crippen LogP contribution in [0.5, 0.6) is 0 Å². The van der Waals surface area contributed by atoms with E-state index in [-0.39, 0.29) is 11.9 Å². The van der Waals surface area contributed by atoms with Crippen molar-refractivity contribution in [3.63, 3.8) is 0 Å². The average Bonchev–Trinajstić information content (AvgIpc) is 2.39. The van der Waals surface area contributed by atoms with E-state index in [9.17, 15) is 4.79 Å². The van der Waals surface area contributed by atoms with E-state index in [1.165, 1.54) is 6.20 Å². The van der Waals surface area contributed by atoms with Crippen molar-refractivity contribution in [1.29, 1.82) is 0 Å². The maximum atomic E-state index is 12.0. The molecule has 3 N–H and O–H groups in total. The van der Waals surface area contributed by atoms with Crippen LogP contribution in [0.4, 0.5) is 5.69 Å². The molecule has 0 spiro atoms. The molecule has 1 atom stereocenters. The predicted molar refractivity (Wildman–Crippen MR) is 75.7 cm³/mol. The number of rotatable bonds is 3. The maximum absolute atomic E-state index is 12.0. The second-order valence-electron chi connectivity index (χ2n) is 4.53. The van der Waals surface area contributed by atoms with Crippen LogP contribution in [-0.2, 0) is 0 Å². The number of anilines is 1. The Morgan fingerprint density at radius 1 is 1.26 bits per heavy atom. The van der Waals surface area contributed by atoms with Gasteiger partial charge in [0.2, 0.25) is 0 Å². The maximum Gasteiger partial charge on any atom is 0.270 e. The molecule has 19 heavy (non-hydrogen) atoms. The quantitative estimate of drug-likeness (QED) is 0.885. The lowest BCUT2D eigenvalue weighted by Crippen LogP contribution is -2.27. The second kappa shape index (κ2) is 5.52. The van der Waals surface area contributed by atoms with Crippen LogP contribution in [0.1, 0.15) is 34.6 Å². The minimum atomic E-state index is -0.198. The molecule has 98 valence electrons. The largest absolute Gasteiger partial charge is 0.397 e. The Hall–Kier alpha value is -2.36. The molecule has 1 unspecified atom stereocenters. The summed E-state index contributed by atoms with van der Waals surface area (Å²) in [6.45, 7) is 3.98. The molecule has 2 rings (SSSR count). The molecule has 0 aliphatic rings. The number of hydrogen-bond acceptors (Lipinski definition) is 3. The van der Waals surface area contributed by atoms with E-state index in [1.807, 2.05) is 38.1 Å². The lowest BCUT2D eigenvalue weighted by molar-refractivity contribution is 0.0935. The fourth-order valence-electron chi connectivity index (χ4n) is 1.96. The lowest BCUT2D eigenvalue weighted by atomic mass is 10.0. The molecule has 1 aromatic carbocycles. The summed E-state index contributed by atoms with van der Waals surface area (Å²) in [6.07, 6.45) is 1.48. The van der Waals surface area contributed by atoms with Gasteiger partial charge in [-0.2, -0.15) is 0 Å². The molecule has 0 fully saturated rings. The second-order valence-corrected chi connectivity index (χ2v) is 4.53. The van der Waals surface area contributed by atoms with Crippen molar-refractivity contribution in [2.24, 2.45) is 0 Å². The molecular formula is C15H17N3O. The number of hydrogen-bond donors (Lipinski definition) is 2. The van der Waals surface area contributed by atoms with E-state index in [2.05, 4.69) is 10.3 Å². The zero-order valence-corrected chi connectivity index (χ0v) is 11.1. The first-order valence-corrected chi connectivity index (χ1v) is 6.16. The Labute approximate surface area is 112 Å². The molecule has 0 bridgehead atoms. The van der Waals surface area contributed by atoms with Crippen molar-refractivity contribution < 1.29 is 4.79 Å². The summed E-state index contributed by atoms with van der Waals surface area (Å²) in [6, 6.07) is 11.2. The summed E-state index contributed by atoms with van der Waals surface area (Å²) >= 11 is 0. The van der Waals surface area contributed by atoms with E-state index in [0.29, 0.717) is 11.4 Å². The third kappa shape index (κ3) is 3.10. The van der Waals surface area contributed by atoms with Crippen LogP contribution in [0.2, 0.25) is 0 Å². The smallest absolute Gasteiger partial charge is 0.270 e. The number of pyridine rings is 1. The van der Waals surface area contributed by atoms with Gasteiger partial charge in [0.1, 0.15) is 5.69 Å². The van der Waals surface area contributed by atoms with Gasteiger partial charge in [0.25, 0.3) is 5.91 Å². The molecule has 2 aromatic rings. The van der Waals surface area contributed by atoms with Gasteiger partial charge >= 0.3 is 0 Å². The molecule has 4 nitrogen and oxygen atoms in total. The fraction of sp³-hybridized carbons (Fsp3) is 0.200. The van der Waals surface area contributed by atoms with E-state index >= 15 is 0 Å². The number of nitrogens with two attached hydrogens (primary N) is 1. The molecule has 4 heteroatoms. The van der Waals surface area contributed by atoms with Crippen LogP contribution in [0, 0.1) is 6.92 Å². The first-order chi connectivity index (χ1) is 9.08. The molecule has 1 heterocycles. The summed E-state index contributed by atoms with van der Waals surface area (Å²) in [5.41, 5.74) is 8.72. The standard InChI is InChI=1S/C15H17N3O/c1-10-5-3-4-6-13(10)11(2)18-15(19)14-8-7-12(16)9-17-14/h3-9,11H,16H2,1-2H3,(H,18,19). The fourth-order valence-corrected chi connectivity index (χ4v) is 1.96. The van der Waals surface area contributed by atoms with Gasteiger partial charge in [0.15, 0.2) is 0 Å². The Bertz CT molecular complexity index is 578. The Morgan fingerprint density at radius 2 is 2.00 bits per heavy atom. The number of carbonyl (C=O) groups is 1. The number of benzene rings is 1.